The maximum atomic E-state index is 11.2. The van der Waals surface area contributed by atoms with E-state index in [1.807, 2.05) is 32.9 Å². The Bertz CT molecular complexity index is 621. The molecule has 1 N–H and O–H groups in total. The molecule has 19 heavy (non-hydrogen) atoms. The van der Waals surface area contributed by atoms with Gasteiger partial charge in [-0.2, -0.15) is 0 Å². The first-order chi connectivity index (χ1) is 8.95. The zero-order chi connectivity index (χ0) is 14.0. The lowest BCUT2D eigenvalue weighted by atomic mass is 10.1. The molecule has 1 heterocycles. The largest absolute Gasteiger partial charge is 0.478 e. The van der Waals surface area contributed by atoms with Gasteiger partial charge < -0.3 is 5.11 Å². The van der Waals surface area contributed by atoms with Crippen molar-refractivity contribution in [3.63, 3.8) is 0 Å². The van der Waals surface area contributed by atoms with Crippen molar-refractivity contribution >= 4 is 17.7 Å². The van der Waals surface area contributed by atoms with Gasteiger partial charge in [0.05, 0.1) is 5.56 Å². The molecule has 4 nitrogen and oxygen atoms in total. The van der Waals surface area contributed by atoms with E-state index < -0.39 is 5.97 Å². The van der Waals surface area contributed by atoms with Crippen LogP contribution in [0, 0.1) is 20.8 Å². The molecule has 0 atom stereocenters. The van der Waals surface area contributed by atoms with Crippen LogP contribution in [0.25, 0.3) is 0 Å². The highest BCUT2D eigenvalue weighted by molar-refractivity contribution is 7.99. The summed E-state index contributed by atoms with van der Waals surface area (Å²) < 4.78 is 0. The first kappa shape index (κ1) is 13.5. The molecule has 0 aliphatic carbocycles. The Morgan fingerprint density at radius 2 is 1.74 bits per heavy atom. The van der Waals surface area contributed by atoms with Gasteiger partial charge in [-0.25, -0.2) is 14.8 Å². The molecule has 0 aliphatic rings. The highest BCUT2D eigenvalue weighted by Gasteiger charge is 2.13. The van der Waals surface area contributed by atoms with Gasteiger partial charge in [0.1, 0.15) is 0 Å². The van der Waals surface area contributed by atoms with Gasteiger partial charge in [0.15, 0.2) is 5.16 Å². The molecule has 0 aliphatic heterocycles. The Kier molecular flexibility index (Phi) is 3.85. The highest BCUT2D eigenvalue weighted by Crippen LogP contribution is 2.29. The second-order valence-electron chi connectivity index (χ2n) is 4.34. The molecule has 2 aromatic rings. The van der Waals surface area contributed by atoms with E-state index in [2.05, 4.69) is 9.97 Å². The first-order valence-corrected chi connectivity index (χ1v) is 6.61. The topological polar surface area (TPSA) is 63.1 Å². The molecule has 0 radical (unpaired) electrons. The normalized spacial score (nSPS) is 10.5. The summed E-state index contributed by atoms with van der Waals surface area (Å²) >= 11 is 1.28. The Balaban J connectivity index is 2.40. The maximum Gasteiger partial charge on any atom is 0.336 e. The molecular formula is C14H14N2O2S. The third-order valence-electron chi connectivity index (χ3n) is 2.53. The van der Waals surface area contributed by atoms with Crippen LogP contribution in [0.5, 0.6) is 0 Å². The quantitative estimate of drug-likeness (QED) is 0.870. The van der Waals surface area contributed by atoms with Crippen LogP contribution < -0.4 is 0 Å². The second kappa shape index (κ2) is 5.40. The number of aryl methyl sites for hydroxylation is 3. The lowest BCUT2D eigenvalue weighted by Crippen LogP contribution is -2.00. The maximum absolute atomic E-state index is 11.2. The van der Waals surface area contributed by atoms with E-state index in [-0.39, 0.29) is 5.56 Å². The van der Waals surface area contributed by atoms with E-state index >= 15 is 0 Å². The fraction of sp³-hybridized carbons (Fsp3) is 0.214. The van der Waals surface area contributed by atoms with Crippen LogP contribution in [0.1, 0.15) is 27.3 Å². The average Bonchev–Trinajstić information content (AvgIpc) is 2.30. The van der Waals surface area contributed by atoms with Gasteiger partial charge >= 0.3 is 5.97 Å². The Morgan fingerprint density at radius 1 is 1.11 bits per heavy atom. The molecule has 0 amide bonds. The van der Waals surface area contributed by atoms with E-state index in [1.54, 1.807) is 12.1 Å². The highest BCUT2D eigenvalue weighted by atomic mass is 32.2. The lowest BCUT2D eigenvalue weighted by molar-refractivity contribution is 0.0693. The van der Waals surface area contributed by atoms with Crippen molar-refractivity contribution in [1.82, 2.24) is 9.97 Å². The lowest BCUT2D eigenvalue weighted by Gasteiger charge is -2.07. The third kappa shape index (κ3) is 3.32. The zero-order valence-corrected chi connectivity index (χ0v) is 11.8. The third-order valence-corrected chi connectivity index (χ3v) is 3.47. The van der Waals surface area contributed by atoms with Crippen LogP contribution in [0.15, 0.2) is 34.3 Å². The summed E-state index contributed by atoms with van der Waals surface area (Å²) in [4.78, 5) is 20.5. The summed E-state index contributed by atoms with van der Waals surface area (Å²) in [5, 5.41) is 9.80. The van der Waals surface area contributed by atoms with Crippen LogP contribution in [0.3, 0.4) is 0 Å². The first-order valence-electron chi connectivity index (χ1n) is 5.80. The molecule has 0 saturated heterocycles. The van der Waals surface area contributed by atoms with E-state index in [1.165, 1.54) is 11.8 Å². The van der Waals surface area contributed by atoms with Crippen molar-refractivity contribution < 1.29 is 9.90 Å². The van der Waals surface area contributed by atoms with Crippen molar-refractivity contribution in [2.75, 3.05) is 0 Å². The zero-order valence-electron chi connectivity index (χ0n) is 11.0. The molecule has 0 spiro atoms. The summed E-state index contributed by atoms with van der Waals surface area (Å²) in [6, 6.07) is 7.23. The van der Waals surface area contributed by atoms with Crippen molar-refractivity contribution in [2.45, 2.75) is 30.8 Å². The molecule has 5 heteroatoms. The van der Waals surface area contributed by atoms with Crippen molar-refractivity contribution in [3.05, 3.63) is 46.8 Å². The van der Waals surface area contributed by atoms with Crippen molar-refractivity contribution in [3.8, 4) is 0 Å². The Hall–Kier alpha value is -1.88. The summed E-state index contributed by atoms with van der Waals surface area (Å²) in [5.74, 6) is -0.935. The van der Waals surface area contributed by atoms with Crippen molar-refractivity contribution in [1.29, 1.82) is 0 Å². The van der Waals surface area contributed by atoms with E-state index in [9.17, 15) is 9.90 Å². The summed E-state index contributed by atoms with van der Waals surface area (Å²) in [5.41, 5.74) is 2.95. The van der Waals surface area contributed by atoms with Gasteiger partial charge in [-0.15, -0.1) is 0 Å². The molecule has 98 valence electrons. The number of carboxylic acids is 1. The number of carbonyl (C=O) groups is 1. The number of carboxylic acid groups (broad SMARTS) is 1. The van der Waals surface area contributed by atoms with E-state index in [0.717, 1.165) is 17.0 Å². The predicted octanol–water partition coefficient (Wildman–Crippen LogP) is 3.25. The minimum Gasteiger partial charge on any atom is -0.478 e. The summed E-state index contributed by atoms with van der Waals surface area (Å²) in [7, 11) is 0. The van der Waals surface area contributed by atoms with Crippen LogP contribution in [-0.4, -0.2) is 21.0 Å². The minimum atomic E-state index is -0.935. The predicted molar refractivity (Wildman–Crippen MR) is 73.8 cm³/mol. The smallest absolute Gasteiger partial charge is 0.336 e. The van der Waals surface area contributed by atoms with Crippen LogP contribution in [-0.2, 0) is 0 Å². The van der Waals surface area contributed by atoms with Crippen LogP contribution >= 0.6 is 11.8 Å². The summed E-state index contributed by atoms with van der Waals surface area (Å²) in [6.07, 6.45) is 0. The van der Waals surface area contributed by atoms with Gasteiger partial charge in [0, 0.05) is 16.3 Å². The molecule has 0 unspecified atom stereocenters. The number of benzene rings is 1. The van der Waals surface area contributed by atoms with Crippen molar-refractivity contribution in [2.24, 2.45) is 0 Å². The average molecular weight is 274 g/mol. The molecule has 0 saturated carbocycles. The molecular weight excluding hydrogens is 260 g/mol. The number of hydrogen-bond donors (Lipinski definition) is 1. The van der Waals surface area contributed by atoms with Gasteiger partial charge in [-0.3, -0.25) is 0 Å². The Morgan fingerprint density at radius 3 is 2.32 bits per heavy atom. The fourth-order valence-electron chi connectivity index (χ4n) is 1.74. The molecule has 1 aromatic carbocycles. The van der Waals surface area contributed by atoms with E-state index in [0.29, 0.717) is 10.1 Å². The number of nitrogens with zero attached hydrogens (tertiary/aromatic N) is 2. The Labute approximate surface area is 115 Å². The van der Waals surface area contributed by atoms with Crippen LogP contribution in [0.4, 0.5) is 0 Å². The standard InChI is InChI=1S/C14H14N2O2S/c1-8-4-5-12(11(6-8)13(17)18)19-14-15-9(2)7-10(3)16-14/h4-7H,1-3H3,(H,17,18). The monoisotopic (exact) mass is 274 g/mol. The minimum absolute atomic E-state index is 0.285. The number of aromatic carboxylic acids is 1. The van der Waals surface area contributed by atoms with Gasteiger partial charge in [0.25, 0.3) is 0 Å². The SMILES string of the molecule is Cc1ccc(Sc2nc(C)cc(C)n2)c(C(=O)O)c1. The van der Waals surface area contributed by atoms with Gasteiger partial charge in [0.2, 0.25) is 0 Å². The molecule has 0 bridgehead atoms. The fourth-order valence-corrected chi connectivity index (χ4v) is 2.71. The second-order valence-corrected chi connectivity index (χ2v) is 5.35. The van der Waals surface area contributed by atoms with E-state index in [4.69, 9.17) is 0 Å². The number of rotatable bonds is 3. The molecule has 0 fully saturated rings. The number of aromatic nitrogens is 2. The van der Waals surface area contributed by atoms with Crippen LogP contribution in [0.2, 0.25) is 0 Å². The molecule has 2 rings (SSSR count). The van der Waals surface area contributed by atoms with Gasteiger partial charge in [-0.05, 0) is 50.7 Å². The molecule has 1 aromatic heterocycles. The van der Waals surface area contributed by atoms with Gasteiger partial charge in [-0.1, -0.05) is 11.6 Å². The summed E-state index contributed by atoms with van der Waals surface area (Å²) in [6.45, 7) is 5.66. The number of hydrogen-bond acceptors (Lipinski definition) is 4.